The number of benzene rings is 2. The molecule has 1 fully saturated rings. The van der Waals surface area contributed by atoms with E-state index in [1.165, 1.54) is 36.1 Å². The quantitative estimate of drug-likeness (QED) is 0.625. The normalized spacial score (nSPS) is 17.7. The third kappa shape index (κ3) is 5.28. The Balaban J connectivity index is 1.48. The van der Waals surface area contributed by atoms with Crippen molar-refractivity contribution < 1.29 is 27.1 Å². The maximum atomic E-state index is 14.9. The Kier molecular flexibility index (Phi) is 6.69. The molecule has 8 nitrogen and oxygen atoms in total. The Morgan fingerprint density at radius 1 is 1.24 bits per heavy atom. The predicted octanol–water partition coefficient (Wildman–Crippen LogP) is 2.77. The number of dihydropyridines is 1. The van der Waals surface area contributed by atoms with Crippen molar-refractivity contribution in [1.29, 1.82) is 0 Å². The number of halogens is 1. The van der Waals surface area contributed by atoms with E-state index in [9.17, 15) is 22.4 Å². The van der Waals surface area contributed by atoms with E-state index in [2.05, 4.69) is 10.6 Å². The number of nitrogens with zero attached hydrogens (tertiary/aromatic N) is 1. The molecule has 0 saturated carbocycles. The van der Waals surface area contributed by atoms with Gasteiger partial charge in [-0.15, -0.1) is 0 Å². The van der Waals surface area contributed by atoms with Gasteiger partial charge in [-0.25, -0.2) is 17.6 Å². The standard InChI is InChI=1S/C24H24FN3O5S/c1-16(29)27-13-20-14-28(24(30)33-20)19-4-7-22(23(25)12-19)18-2-5-21(6-3-18)34(31,32)15-17-8-10-26-11-9-17/h2-10,12,20,26H,11,13-15H2,1H3,(H,27,29)/t20-/m0/s1. The number of ether oxygens (including phenoxy) is 1. The Labute approximate surface area is 197 Å². The van der Waals surface area contributed by atoms with Gasteiger partial charge in [0, 0.05) is 19.0 Å². The van der Waals surface area contributed by atoms with Crippen molar-refractivity contribution in [3.63, 3.8) is 0 Å². The van der Waals surface area contributed by atoms with Crippen molar-refractivity contribution in [2.45, 2.75) is 17.9 Å². The van der Waals surface area contributed by atoms with Crippen LogP contribution >= 0.6 is 0 Å². The number of cyclic esters (lactones) is 1. The Bertz CT molecular complexity index is 1270. The van der Waals surface area contributed by atoms with Crippen LogP contribution in [0.4, 0.5) is 14.9 Å². The minimum Gasteiger partial charge on any atom is -0.442 e. The Hall–Kier alpha value is -3.66. The fraction of sp³-hybridized carbons (Fsp3) is 0.250. The average Bonchev–Trinajstić information content (AvgIpc) is 3.18. The summed E-state index contributed by atoms with van der Waals surface area (Å²) in [7, 11) is -3.53. The molecule has 1 saturated heterocycles. The highest BCUT2D eigenvalue weighted by molar-refractivity contribution is 7.91. The first kappa shape index (κ1) is 23.5. The van der Waals surface area contributed by atoms with Crippen LogP contribution in [0, 0.1) is 5.82 Å². The van der Waals surface area contributed by atoms with Crippen LogP contribution in [0.25, 0.3) is 11.1 Å². The number of nitrogens with one attached hydrogen (secondary N) is 2. The summed E-state index contributed by atoms with van der Waals surface area (Å²) in [5.41, 5.74) is 1.83. The average molecular weight is 486 g/mol. The van der Waals surface area contributed by atoms with Crippen molar-refractivity contribution in [3.8, 4) is 11.1 Å². The molecule has 2 aromatic carbocycles. The summed E-state index contributed by atoms with van der Waals surface area (Å²) in [6.07, 6.45) is 4.12. The number of amides is 2. The van der Waals surface area contributed by atoms with Gasteiger partial charge >= 0.3 is 6.09 Å². The first-order chi connectivity index (χ1) is 16.2. The second-order valence-corrected chi connectivity index (χ2v) is 10.0. The molecule has 178 valence electrons. The molecule has 10 heteroatoms. The lowest BCUT2D eigenvalue weighted by Crippen LogP contribution is -2.33. The van der Waals surface area contributed by atoms with E-state index in [1.807, 2.05) is 6.08 Å². The number of hydrogen-bond acceptors (Lipinski definition) is 6. The van der Waals surface area contributed by atoms with Crippen molar-refractivity contribution in [1.82, 2.24) is 10.6 Å². The smallest absolute Gasteiger partial charge is 0.414 e. The molecule has 1 atom stereocenters. The van der Waals surface area contributed by atoms with E-state index in [4.69, 9.17) is 4.74 Å². The molecule has 2 aromatic rings. The molecule has 0 aliphatic carbocycles. The van der Waals surface area contributed by atoms with Crippen molar-refractivity contribution in [2.75, 3.05) is 30.3 Å². The van der Waals surface area contributed by atoms with Crippen LogP contribution in [-0.4, -0.2) is 51.9 Å². The third-order valence-corrected chi connectivity index (χ3v) is 7.20. The summed E-state index contributed by atoms with van der Waals surface area (Å²) in [5, 5.41) is 5.57. The zero-order valence-electron chi connectivity index (χ0n) is 18.5. The van der Waals surface area contributed by atoms with Crippen LogP contribution < -0.4 is 15.5 Å². The van der Waals surface area contributed by atoms with Gasteiger partial charge in [0.25, 0.3) is 0 Å². The van der Waals surface area contributed by atoms with Gasteiger partial charge in [0.1, 0.15) is 11.9 Å². The highest BCUT2D eigenvalue weighted by Crippen LogP contribution is 2.30. The maximum Gasteiger partial charge on any atom is 0.414 e. The molecule has 34 heavy (non-hydrogen) atoms. The number of carbonyl (C=O) groups is 2. The highest BCUT2D eigenvalue weighted by Gasteiger charge is 2.32. The van der Waals surface area contributed by atoms with E-state index in [0.717, 1.165) is 0 Å². The molecule has 2 N–H and O–H groups in total. The van der Waals surface area contributed by atoms with Crippen LogP contribution in [0.3, 0.4) is 0 Å². The minimum absolute atomic E-state index is 0.109. The maximum absolute atomic E-state index is 14.9. The molecule has 0 unspecified atom stereocenters. The summed E-state index contributed by atoms with van der Waals surface area (Å²) < 4.78 is 45.6. The molecule has 4 rings (SSSR count). The summed E-state index contributed by atoms with van der Waals surface area (Å²) in [4.78, 5) is 24.7. The number of sulfone groups is 1. The van der Waals surface area contributed by atoms with E-state index in [0.29, 0.717) is 23.4 Å². The van der Waals surface area contributed by atoms with Gasteiger partial charge in [0.2, 0.25) is 5.91 Å². The summed E-state index contributed by atoms with van der Waals surface area (Å²) in [5.74, 6) is -0.900. The van der Waals surface area contributed by atoms with E-state index in [-0.39, 0.29) is 35.2 Å². The molecular weight excluding hydrogens is 461 g/mol. The first-order valence-corrected chi connectivity index (χ1v) is 12.3. The van der Waals surface area contributed by atoms with E-state index in [1.54, 1.807) is 30.5 Å². The van der Waals surface area contributed by atoms with Crippen LogP contribution in [0.15, 0.2) is 71.3 Å². The van der Waals surface area contributed by atoms with Crippen LogP contribution in [0.5, 0.6) is 0 Å². The summed E-state index contributed by atoms with van der Waals surface area (Å²) in [6.45, 7) is 2.32. The molecule has 0 radical (unpaired) electrons. The Morgan fingerprint density at radius 2 is 2.00 bits per heavy atom. The third-order valence-electron chi connectivity index (χ3n) is 5.50. The molecule has 0 spiro atoms. The van der Waals surface area contributed by atoms with Gasteiger partial charge in [-0.3, -0.25) is 9.69 Å². The fourth-order valence-electron chi connectivity index (χ4n) is 3.75. The van der Waals surface area contributed by atoms with Gasteiger partial charge in [-0.2, -0.15) is 0 Å². The number of hydrogen-bond donors (Lipinski definition) is 2. The lowest BCUT2D eigenvalue weighted by molar-refractivity contribution is -0.119. The SMILES string of the molecule is CC(=O)NC[C@H]1CN(c2ccc(-c3ccc(S(=O)(=O)CC4=CCNC=C4)cc3)c(F)c2)C(=O)O1. The van der Waals surface area contributed by atoms with Gasteiger partial charge in [0.15, 0.2) is 9.84 Å². The number of rotatable bonds is 7. The first-order valence-electron chi connectivity index (χ1n) is 10.7. The zero-order chi connectivity index (χ0) is 24.3. The van der Waals surface area contributed by atoms with Gasteiger partial charge in [0.05, 0.1) is 29.4 Å². The topological polar surface area (TPSA) is 105 Å². The minimum atomic E-state index is -3.53. The molecule has 2 aliphatic heterocycles. The zero-order valence-corrected chi connectivity index (χ0v) is 19.3. The second-order valence-electron chi connectivity index (χ2n) is 8.02. The molecular formula is C24H24FN3O5S. The summed E-state index contributed by atoms with van der Waals surface area (Å²) >= 11 is 0. The number of allylic oxidation sites excluding steroid dienone is 1. The molecule has 0 aromatic heterocycles. The largest absolute Gasteiger partial charge is 0.442 e. The highest BCUT2D eigenvalue weighted by atomic mass is 32.2. The second kappa shape index (κ2) is 9.68. The van der Waals surface area contributed by atoms with Gasteiger partial charge < -0.3 is 15.4 Å². The van der Waals surface area contributed by atoms with E-state index >= 15 is 0 Å². The Morgan fingerprint density at radius 3 is 2.65 bits per heavy atom. The molecule has 2 aliphatic rings. The lowest BCUT2D eigenvalue weighted by atomic mass is 10.0. The predicted molar refractivity (Wildman–Crippen MR) is 125 cm³/mol. The van der Waals surface area contributed by atoms with Gasteiger partial charge in [-0.05, 0) is 53.7 Å². The van der Waals surface area contributed by atoms with Crippen molar-refractivity contribution in [3.05, 3.63) is 72.2 Å². The van der Waals surface area contributed by atoms with Crippen LogP contribution in [-0.2, 0) is 19.4 Å². The number of anilines is 1. The number of carbonyl (C=O) groups excluding carboxylic acids is 2. The van der Waals surface area contributed by atoms with Crippen molar-refractivity contribution in [2.24, 2.45) is 0 Å². The van der Waals surface area contributed by atoms with Crippen LogP contribution in [0.2, 0.25) is 0 Å². The fourth-order valence-corrected chi connectivity index (χ4v) is 5.12. The summed E-state index contributed by atoms with van der Waals surface area (Å²) in [6, 6.07) is 10.4. The lowest BCUT2D eigenvalue weighted by Gasteiger charge is -2.15. The monoisotopic (exact) mass is 485 g/mol. The molecule has 2 amide bonds. The van der Waals surface area contributed by atoms with Gasteiger partial charge in [-0.1, -0.05) is 18.2 Å². The van der Waals surface area contributed by atoms with Crippen molar-refractivity contribution >= 4 is 27.5 Å². The molecule has 2 heterocycles. The molecule has 0 bridgehead atoms. The van der Waals surface area contributed by atoms with Crippen LogP contribution in [0.1, 0.15) is 6.92 Å². The van der Waals surface area contributed by atoms with E-state index < -0.39 is 27.9 Å².